The molecule has 0 bridgehead atoms. The lowest BCUT2D eigenvalue weighted by atomic mass is 9.72. The molecule has 14 nitrogen and oxygen atoms in total. The van der Waals surface area contributed by atoms with Crippen LogP contribution in [-0.2, 0) is 14.8 Å². The molecule has 328 valence electrons. The van der Waals surface area contributed by atoms with Crippen LogP contribution in [0.5, 0.6) is 5.75 Å². The molecule has 5 heterocycles. The summed E-state index contributed by atoms with van der Waals surface area (Å²) >= 11 is 6.25. The number of fused-ring (bicyclic) bond motifs is 2. The Labute approximate surface area is 369 Å². The lowest BCUT2D eigenvalue weighted by molar-refractivity contribution is -0.0537. The Morgan fingerprint density at radius 1 is 1.03 bits per heavy atom. The van der Waals surface area contributed by atoms with E-state index in [0.717, 1.165) is 74.1 Å². The van der Waals surface area contributed by atoms with Gasteiger partial charge in [0, 0.05) is 67.8 Å². The van der Waals surface area contributed by atoms with Crippen LogP contribution >= 0.6 is 11.6 Å². The fourth-order valence-corrected chi connectivity index (χ4v) is 9.95. The number of pyridine rings is 1. The van der Waals surface area contributed by atoms with Gasteiger partial charge in [0.15, 0.2) is 17.0 Å². The van der Waals surface area contributed by atoms with Crippen LogP contribution in [0.15, 0.2) is 101 Å². The van der Waals surface area contributed by atoms with Gasteiger partial charge in [0.1, 0.15) is 17.9 Å². The zero-order valence-electron chi connectivity index (χ0n) is 35.1. The number of ether oxygens (including phenoxy) is 2. The Hall–Kier alpha value is -5.68. The second-order valence-electron chi connectivity index (χ2n) is 17.5. The smallest absolute Gasteiger partial charge is 0.267 e. The molecule has 0 radical (unpaired) electrons. The van der Waals surface area contributed by atoms with Gasteiger partial charge in [-0.15, -0.1) is 4.91 Å². The van der Waals surface area contributed by atoms with Crippen LogP contribution in [-0.4, -0.2) is 97.2 Å². The molecule has 9 rings (SSSR count). The zero-order chi connectivity index (χ0) is 43.9. The average Bonchev–Trinajstić information content (AvgIpc) is 3.92. The third-order valence-corrected chi connectivity index (χ3v) is 14.0. The molecule has 3 aromatic carbocycles. The van der Waals surface area contributed by atoms with E-state index in [1.807, 2.05) is 36.4 Å². The van der Waals surface area contributed by atoms with Crippen LogP contribution < -0.4 is 14.4 Å². The monoisotopic (exact) mass is 894 g/mol. The number of hydrogen-bond acceptors (Lipinski definition) is 11. The number of aromatic amines is 1. The largest absolute Gasteiger partial charge is 0.488 e. The molecule has 1 unspecified atom stereocenters. The second kappa shape index (κ2) is 17.1. The van der Waals surface area contributed by atoms with Crippen molar-refractivity contribution < 1.29 is 27.1 Å². The van der Waals surface area contributed by atoms with Crippen LogP contribution in [0, 0.1) is 10.3 Å². The molecule has 6 aromatic rings. The minimum Gasteiger partial charge on any atom is -0.488 e. The number of rotatable bonds is 12. The maximum atomic E-state index is 15.1. The van der Waals surface area contributed by atoms with Gasteiger partial charge in [0.05, 0.1) is 28.3 Å². The molecule has 3 aliphatic rings. The van der Waals surface area contributed by atoms with E-state index in [2.05, 4.69) is 60.7 Å². The molecule has 17 heteroatoms. The molecule has 0 saturated carbocycles. The minimum absolute atomic E-state index is 0.0639. The molecule has 63 heavy (non-hydrogen) atoms. The van der Waals surface area contributed by atoms with Crippen molar-refractivity contribution in [3.05, 3.63) is 112 Å². The maximum absolute atomic E-state index is 15.1. The van der Waals surface area contributed by atoms with E-state index in [4.69, 9.17) is 21.1 Å². The van der Waals surface area contributed by atoms with Crippen molar-refractivity contribution in [3.8, 4) is 11.4 Å². The first-order valence-electron chi connectivity index (χ1n) is 21.1. The number of nitrogens with zero attached hydrogens (tertiary/aromatic N) is 6. The van der Waals surface area contributed by atoms with Crippen LogP contribution in [0.4, 0.5) is 15.8 Å². The third-order valence-electron chi connectivity index (χ3n) is 12.4. The Morgan fingerprint density at radius 2 is 1.84 bits per heavy atom. The third kappa shape index (κ3) is 9.08. The molecule has 1 atom stereocenters. The fourth-order valence-electron chi connectivity index (χ4n) is 8.84. The van der Waals surface area contributed by atoms with Gasteiger partial charge in [-0.05, 0) is 114 Å². The molecule has 2 N–H and O–H groups in total. The molecule has 2 aliphatic heterocycles. The minimum atomic E-state index is -4.55. The van der Waals surface area contributed by atoms with Crippen molar-refractivity contribution in [2.24, 2.45) is 10.6 Å². The van der Waals surface area contributed by atoms with Gasteiger partial charge in [-0.3, -0.25) is 19.5 Å². The van der Waals surface area contributed by atoms with Gasteiger partial charge in [0.2, 0.25) is 0 Å². The summed E-state index contributed by atoms with van der Waals surface area (Å²) < 4.78 is 57.4. The van der Waals surface area contributed by atoms with Crippen LogP contribution in [0.2, 0.25) is 5.02 Å². The first-order valence-corrected chi connectivity index (χ1v) is 23.0. The number of amides is 1. The number of halogens is 2. The van der Waals surface area contributed by atoms with Crippen molar-refractivity contribution in [2.45, 2.75) is 56.5 Å². The fraction of sp³-hybridized carbons (Fsp3) is 0.370. The second-order valence-corrected chi connectivity index (χ2v) is 19.6. The molecule has 1 amide bonds. The summed E-state index contributed by atoms with van der Waals surface area (Å²) in [5.41, 5.74) is 5.37. The van der Waals surface area contributed by atoms with Gasteiger partial charge in [-0.25, -0.2) is 27.5 Å². The number of allylic oxidation sites excluding steroid dienone is 1. The summed E-state index contributed by atoms with van der Waals surface area (Å²) in [5, 5.41) is 7.68. The van der Waals surface area contributed by atoms with Gasteiger partial charge in [0.25, 0.3) is 15.9 Å². The van der Waals surface area contributed by atoms with E-state index in [1.54, 1.807) is 23.1 Å². The van der Waals surface area contributed by atoms with Crippen molar-refractivity contribution in [3.63, 3.8) is 0 Å². The van der Waals surface area contributed by atoms with Crippen LogP contribution in [0.3, 0.4) is 0 Å². The number of nitroso groups, excluding NO2 is 1. The molecule has 0 spiro atoms. The summed E-state index contributed by atoms with van der Waals surface area (Å²) in [6.07, 6.45) is 7.31. The molecule has 1 aliphatic carbocycles. The number of nitrogens with one attached hydrogen (secondary N) is 2. The van der Waals surface area contributed by atoms with E-state index >= 15 is 4.39 Å². The number of benzene rings is 3. The van der Waals surface area contributed by atoms with Crippen molar-refractivity contribution >= 4 is 66.5 Å². The van der Waals surface area contributed by atoms with Crippen LogP contribution in [0.1, 0.15) is 61.9 Å². The normalized spacial score (nSPS) is 19.7. The topological polar surface area (TPSA) is 164 Å². The first-order chi connectivity index (χ1) is 30.3. The average molecular weight is 895 g/mol. The number of hydrogen-bond donors (Lipinski definition) is 2. The lowest BCUT2D eigenvalue weighted by Gasteiger charge is -2.39. The predicted molar refractivity (Wildman–Crippen MR) is 241 cm³/mol. The van der Waals surface area contributed by atoms with E-state index < -0.39 is 33.1 Å². The number of sulfonamides is 1. The van der Waals surface area contributed by atoms with Gasteiger partial charge < -0.3 is 14.4 Å². The Morgan fingerprint density at radius 3 is 2.60 bits per heavy atom. The summed E-state index contributed by atoms with van der Waals surface area (Å²) in [6, 6.07) is 20.6. The molecule has 2 saturated heterocycles. The summed E-state index contributed by atoms with van der Waals surface area (Å²) in [4.78, 5) is 39.4. The highest BCUT2D eigenvalue weighted by atomic mass is 35.5. The quantitative estimate of drug-likeness (QED) is 0.114. The predicted octanol–water partition coefficient (Wildman–Crippen LogP) is 8.76. The van der Waals surface area contributed by atoms with E-state index in [9.17, 15) is 18.1 Å². The summed E-state index contributed by atoms with van der Waals surface area (Å²) in [7, 11) is -4.55. The standard InChI is InChI=1S/C46H48ClFN8O6S/c1-45(2)15-12-32(37(25-45)30-4-6-33(47)7-5-30)27-54-17-19-55(20-18-54)34-8-10-36(40(23-34)56-41-22-31-13-16-49-43(31)51-39(41)26-50-56)44(57)53-63(59,60)35-9-11-42(38(24-35)52-58)62-29-46(48)14-3-21-61-28-46/h4-11,13,16,22-24,26,50H,3,12,14-15,17-21,25,27-29H2,1-2H3,(H,53,57). The zero-order valence-corrected chi connectivity index (χ0v) is 36.6. The lowest BCUT2D eigenvalue weighted by Crippen LogP contribution is -2.47. The van der Waals surface area contributed by atoms with Crippen LogP contribution in [0.25, 0.3) is 33.3 Å². The maximum Gasteiger partial charge on any atom is 0.267 e. The Bertz CT molecular complexity index is 2850. The Balaban J connectivity index is 0.970. The number of alkyl halides is 1. The molecular formula is C46H48ClFN8O6S. The summed E-state index contributed by atoms with van der Waals surface area (Å²) in [5.74, 6) is -0.995. The highest BCUT2D eigenvalue weighted by Crippen LogP contribution is 2.43. The van der Waals surface area contributed by atoms with Gasteiger partial charge in [-0.1, -0.05) is 43.2 Å². The number of H-pyrrole nitrogens is 1. The van der Waals surface area contributed by atoms with Crippen molar-refractivity contribution in [2.75, 3.05) is 57.4 Å². The highest BCUT2D eigenvalue weighted by Gasteiger charge is 2.35. The van der Waals surface area contributed by atoms with Gasteiger partial charge in [-0.2, -0.15) is 0 Å². The number of carbonyl (C=O) groups is 1. The molecular weight excluding hydrogens is 847 g/mol. The number of piperazine rings is 1. The van der Waals surface area contributed by atoms with E-state index in [1.165, 1.54) is 28.8 Å². The molecule has 2 fully saturated rings. The summed E-state index contributed by atoms with van der Waals surface area (Å²) in [6.45, 7) is 8.58. The van der Waals surface area contributed by atoms with E-state index in [0.29, 0.717) is 35.4 Å². The van der Waals surface area contributed by atoms with Gasteiger partial charge >= 0.3 is 0 Å². The number of anilines is 1. The first kappa shape index (κ1) is 42.6. The highest BCUT2D eigenvalue weighted by molar-refractivity contribution is 7.90. The van der Waals surface area contributed by atoms with Crippen molar-refractivity contribution in [1.82, 2.24) is 29.4 Å². The number of aromatic nitrogens is 4. The SMILES string of the molecule is CC1(C)CCC(CN2CCN(c3ccc(C(=O)NS(=O)(=O)c4ccc(OCC5(F)CCCOC5)c(N=O)c4)c(-n4[nH]cc5nc6nccc6cc54)c3)CC2)=C(c2ccc(Cl)cc2)C1. The van der Waals surface area contributed by atoms with Crippen molar-refractivity contribution in [1.29, 1.82) is 0 Å². The molecule has 3 aromatic heterocycles. The Kier molecular flexibility index (Phi) is 11.6. The van der Waals surface area contributed by atoms with E-state index in [-0.39, 0.29) is 35.4 Å². The number of carbonyl (C=O) groups excluding carboxylic acids is 1.